The SMILES string of the molecule is CCc1cccc(C)c1.O. The van der Waals surface area contributed by atoms with Gasteiger partial charge in [0.25, 0.3) is 0 Å². The molecule has 0 aliphatic rings. The molecule has 0 fully saturated rings. The summed E-state index contributed by atoms with van der Waals surface area (Å²) in [7, 11) is 0. The lowest BCUT2D eigenvalue weighted by molar-refractivity contribution is 0.824. The molecule has 0 heterocycles. The average Bonchev–Trinajstić information content (AvgIpc) is 1.88. The topological polar surface area (TPSA) is 31.5 Å². The molecule has 0 unspecified atom stereocenters. The maximum atomic E-state index is 2.22. The van der Waals surface area contributed by atoms with Gasteiger partial charge in [0.15, 0.2) is 0 Å². The van der Waals surface area contributed by atoms with Crippen LogP contribution in [0.3, 0.4) is 0 Å². The Balaban J connectivity index is 0.000000810. The van der Waals surface area contributed by atoms with Crippen LogP contribution in [0.15, 0.2) is 24.3 Å². The fraction of sp³-hybridized carbons (Fsp3) is 0.333. The van der Waals surface area contributed by atoms with E-state index < -0.39 is 0 Å². The zero-order valence-electron chi connectivity index (χ0n) is 6.52. The molecule has 0 saturated heterocycles. The molecular formula is C9H14O. The van der Waals surface area contributed by atoms with Crippen LogP contribution >= 0.6 is 0 Å². The minimum atomic E-state index is 0. The Kier molecular flexibility index (Phi) is 3.74. The van der Waals surface area contributed by atoms with Crippen LogP contribution < -0.4 is 0 Å². The fourth-order valence-electron chi connectivity index (χ4n) is 0.932. The third kappa shape index (κ3) is 2.19. The molecule has 1 nitrogen and oxygen atoms in total. The van der Waals surface area contributed by atoms with E-state index in [9.17, 15) is 0 Å². The highest BCUT2D eigenvalue weighted by Gasteiger charge is 1.85. The van der Waals surface area contributed by atoms with Crippen molar-refractivity contribution in [3.8, 4) is 0 Å². The first-order valence-corrected chi connectivity index (χ1v) is 3.38. The maximum Gasteiger partial charge on any atom is -0.0307 e. The first-order valence-electron chi connectivity index (χ1n) is 3.38. The van der Waals surface area contributed by atoms with E-state index in [4.69, 9.17) is 0 Å². The number of benzene rings is 1. The Hall–Kier alpha value is -0.820. The molecule has 0 aliphatic carbocycles. The summed E-state index contributed by atoms with van der Waals surface area (Å²) >= 11 is 0. The Bertz CT molecular complexity index is 194. The Labute approximate surface area is 62.0 Å². The second-order valence-corrected chi connectivity index (χ2v) is 2.34. The monoisotopic (exact) mass is 138 g/mol. The van der Waals surface area contributed by atoms with E-state index in [1.54, 1.807) is 0 Å². The van der Waals surface area contributed by atoms with Crippen LogP contribution in [0.4, 0.5) is 0 Å². The van der Waals surface area contributed by atoms with Crippen molar-refractivity contribution in [2.75, 3.05) is 0 Å². The Morgan fingerprint density at radius 2 is 2.00 bits per heavy atom. The van der Waals surface area contributed by atoms with Crippen molar-refractivity contribution in [2.45, 2.75) is 20.3 Å². The molecule has 1 heteroatoms. The summed E-state index contributed by atoms with van der Waals surface area (Å²) in [5.74, 6) is 0. The van der Waals surface area contributed by atoms with Gasteiger partial charge in [0.1, 0.15) is 0 Å². The normalized spacial score (nSPS) is 8.60. The summed E-state index contributed by atoms with van der Waals surface area (Å²) < 4.78 is 0. The smallest absolute Gasteiger partial charge is 0.0307 e. The van der Waals surface area contributed by atoms with Crippen LogP contribution in [0.2, 0.25) is 0 Å². The van der Waals surface area contributed by atoms with Gasteiger partial charge in [0.2, 0.25) is 0 Å². The van der Waals surface area contributed by atoms with Crippen molar-refractivity contribution in [1.29, 1.82) is 0 Å². The highest BCUT2D eigenvalue weighted by molar-refractivity contribution is 5.21. The first kappa shape index (κ1) is 9.18. The summed E-state index contributed by atoms with van der Waals surface area (Å²) in [5.41, 5.74) is 2.78. The van der Waals surface area contributed by atoms with E-state index >= 15 is 0 Å². The highest BCUT2D eigenvalue weighted by atomic mass is 16.0. The molecular weight excluding hydrogens is 124 g/mol. The van der Waals surface area contributed by atoms with Crippen LogP contribution in [0.25, 0.3) is 0 Å². The predicted molar refractivity (Wildman–Crippen MR) is 44.2 cm³/mol. The lowest BCUT2D eigenvalue weighted by Crippen LogP contribution is -1.78. The second-order valence-electron chi connectivity index (χ2n) is 2.34. The van der Waals surface area contributed by atoms with Crippen LogP contribution in [0.1, 0.15) is 18.1 Å². The van der Waals surface area contributed by atoms with Crippen LogP contribution in [-0.4, -0.2) is 5.48 Å². The zero-order chi connectivity index (χ0) is 6.69. The summed E-state index contributed by atoms with van der Waals surface area (Å²) in [6.45, 7) is 4.30. The van der Waals surface area contributed by atoms with Crippen molar-refractivity contribution in [3.63, 3.8) is 0 Å². The Morgan fingerprint density at radius 1 is 1.30 bits per heavy atom. The van der Waals surface area contributed by atoms with Gasteiger partial charge in [0.05, 0.1) is 0 Å². The minimum Gasteiger partial charge on any atom is -0.412 e. The summed E-state index contributed by atoms with van der Waals surface area (Å²) in [5, 5.41) is 0. The summed E-state index contributed by atoms with van der Waals surface area (Å²) in [6, 6.07) is 8.61. The molecule has 2 N–H and O–H groups in total. The van der Waals surface area contributed by atoms with Crippen molar-refractivity contribution < 1.29 is 5.48 Å². The molecule has 1 aromatic carbocycles. The van der Waals surface area contributed by atoms with Gasteiger partial charge in [-0.2, -0.15) is 0 Å². The third-order valence-corrected chi connectivity index (χ3v) is 1.49. The van der Waals surface area contributed by atoms with Crippen molar-refractivity contribution in [1.82, 2.24) is 0 Å². The number of hydrogen-bond donors (Lipinski definition) is 0. The number of hydrogen-bond acceptors (Lipinski definition) is 0. The van der Waals surface area contributed by atoms with E-state index in [-0.39, 0.29) is 5.48 Å². The molecule has 56 valence electrons. The van der Waals surface area contributed by atoms with Crippen molar-refractivity contribution in [3.05, 3.63) is 35.4 Å². The van der Waals surface area contributed by atoms with E-state index in [1.807, 2.05) is 0 Å². The first-order chi connectivity index (χ1) is 4.33. The molecule has 10 heavy (non-hydrogen) atoms. The standard InChI is InChI=1S/C9H12.H2O/c1-3-9-6-4-5-8(2)7-9;/h4-7H,3H2,1-2H3;1H2. The minimum absolute atomic E-state index is 0. The van der Waals surface area contributed by atoms with E-state index in [0.29, 0.717) is 0 Å². The molecule has 0 saturated carbocycles. The van der Waals surface area contributed by atoms with Gasteiger partial charge >= 0.3 is 0 Å². The quantitative estimate of drug-likeness (QED) is 0.566. The van der Waals surface area contributed by atoms with Gasteiger partial charge in [-0.3, -0.25) is 0 Å². The molecule has 0 aromatic heterocycles. The second kappa shape index (κ2) is 4.07. The van der Waals surface area contributed by atoms with Crippen LogP contribution in [-0.2, 0) is 6.42 Å². The molecule has 0 bridgehead atoms. The molecule has 1 rings (SSSR count). The molecule has 0 spiro atoms. The maximum absolute atomic E-state index is 2.22. The number of rotatable bonds is 1. The summed E-state index contributed by atoms with van der Waals surface area (Å²) in [6.07, 6.45) is 1.14. The van der Waals surface area contributed by atoms with Crippen molar-refractivity contribution in [2.24, 2.45) is 0 Å². The van der Waals surface area contributed by atoms with Gasteiger partial charge in [-0.05, 0) is 18.9 Å². The van der Waals surface area contributed by atoms with E-state index in [0.717, 1.165) is 6.42 Å². The third-order valence-electron chi connectivity index (χ3n) is 1.49. The lowest BCUT2D eigenvalue weighted by atomic mass is 10.1. The van der Waals surface area contributed by atoms with Crippen LogP contribution in [0.5, 0.6) is 0 Å². The lowest BCUT2D eigenvalue weighted by Gasteiger charge is -1.95. The fourth-order valence-corrected chi connectivity index (χ4v) is 0.932. The molecule has 0 radical (unpaired) electrons. The van der Waals surface area contributed by atoms with Gasteiger partial charge < -0.3 is 5.48 Å². The zero-order valence-corrected chi connectivity index (χ0v) is 6.52. The predicted octanol–water partition coefficient (Wildman–Crippen LogP) is 1.73. The highest BCUT2D eigenvalue weighted by Crippen LogP contribution is 2.03. The largest absolute Gasteiger partial charge is 0.412 e. The Morgan fingerprint density at radius 3 is 2.40 bits per heavy atom. The summed E-state index contributed by atoms with van der Waals surface area (Å²) in [4.78, 5) is 0. The van der Waals surface area contributed by atoms with Crippen LogP contribution in [0, 0.1) is 6.92 Å². The van der Waals surface area contributed by atoms with Gasteiger partial charge in [-0.25, -0.2) is 0 Å². The van der Waals surface area contributed by atoms with Gasteiger partial charge in [0, 0.05) is 0 Å². The van der Waals surface area contributed by atoms with Gasteiger partial charge in [-0.15, -0.1) is 0 Å². The van der Waals surface area contributed by atoms with Crippen molar-refractivity contribution >= 4 is 0 Å². The molecule has 0 aliphatic heterocycles. The molecule has 1 aromatic rings. The number of aryl methyl sites for hydroxylation is 2. The average molecular weight is 138 g/mol. The van der Waals surface area contributed by atoms with E-state index in [2.05, 4.69) is 38.1 Å². The molecule has 0 amide bonds. The van der Waals surface area contributed by atoms with E-state index in [1.165, 1.54) is 11.1 Å². The molecule has 0 atom stereocenters. The van der Waals surface area contributed by atoms with Gasteiger partial charge in [-0.1, -0.05) is 36.8 Å².